The number of halogens is 2. The van der Waals surface area contributed by atoms with Gasteiger partial charge in [0.15, 0.2) is 23.0 Å². The number of benzene rings is 2. The lowest BCUT2D eigenvalue weighted by Crippen LogP contribution is -2.22. The van der Waals surface area contributed by atoms with Crippen LogP contribution in [0.2, 0.25) is 0 Å². The molecule has 8 nitrogen and oxygen atoms in total. The molecule has 172 valence electrons. The molecule has 2 aromatic carbocycles. The first kappa shape index (κ1) is 23.5. The summed E-state index contributed by atoms with van der Waals surface area (Å²) in [6.45, 7) is -2.11. The summed E-state index contributed by atoms with van der Waals surface area (Å²) in [6.07, 6.45) is 0. The fraction of sp³-hybridized carbons (Fsp3) is 0.333. The van der Waals surface area contributed by atoms with Crippen LogP contribution in [0, 0.1) is 4.84 Å². The van der Waals surface area contributed by atoms with Gasteiger partial charge < -0.3 is 23.4 Å². The summed E-state index contributed by atoms with van der Waals surface area (Å²) in [4.78, 5) is 2.14. The number of nitrogens with zero attached hydrogens (tertiary/aromatic N) is 3. The molecule has 0 spiro atoms. The Morgan fingerprint density at radius 3 is 2.31 bits per heavy atom. The molecule has 1 aromatic heterocycles. The van der Waals surface area contributed by atoms with E-state index in [9.17, 15) is 8.78 Å². The van der Waals surface area contributed by atoms with Crippen molar-refractivity contribution in [2.75, 3.05) is 28.4 Å². The van der Waals surface area contributed by atoms with Gasteiger partial charge in [-0.25, -0.2) is 4.68 Å². The Kier molecular flexibility index (Phi) is 7.65. The van der Waals surface area contributed by atoms with Crippen molar-refractivity contribution >= 4 is 12.2 Å². The van der Waals surface area contributed by atoms with E-state index in [0.29, 0.717) is 36.2 Å². The lowest BCUT2D eigenvalue weighted by Gasteiger charge is -2.17. The van der Waals surface area contributed by atoms with E-state index in [1.807, 2.05) is 11.9 Å². The number of aromatic nitrogens is 2. The van der Waals surface area contributed by atoms with Crippen molar-refractivity contribution in [3.05, 3.63) is 46.8 Å². The minimum Gasteiger partial charge on any atom is -0.493 e. The largest absolute Gasteiger partial charge is 0.493 e. The Bertz CT molecular complexity index is 1120. The molecule has 11 heteroatoms. The van der Waals surface area contributed by atoms with Gasteiger partial charge in [0, 0.05) is 12.1 Å². The molecule has 0 aliphatic carbocycles. The van der Waals surface area contributed by atoms with Gasteiger partial charge in [-0.2, -0.15) is 8.78 Å². The van der Waals surface area contributed by atoms with Crippen LogP contribution in [0.25, 0.3) is 11.5 Å². The third-order valence-electron chi connectivity index (χ3n) is 4.51. The molecule has 0 atom stereocenters. The van der Waals surface area contributed by atoms with Crippen molar-refractivity contribution in [1.82, 2.24) is 14.7 Å². The SMILES string of the molecule is COc1ccc(-c2nn(CN(C)Cc3ccc(OC(F)F)c(OC)c3)c(=S)o2)cc1OC. The third kappa shape index (κ3) is 5.54. The van der Waals surface area contributed by atoms with E-state index in [2.05, 4.69) is 9.84 Å². The fourth-order valence-electron chi connectivity index (χ4n) is 3.08. The number of rotatable bonds is 10. The molecule has 0 saturated heterocycles. The molecule has 0 radical (unpaired) electrons. The first-order valence-corrected chi connectivity index (χ1v) is 9.86. The maximum atomic E-state index is 12.5. The Balaban J connectivity index is 1.73. The van der Waals surface area contributed by atoms with E-state index in [1.165, 1.54) is 13.2 Å². The van der Waals surface area contributed by atoms with E-state index in [1.54, 1.807) is 49.2 Å². The van der Waals surface area contributed by atoms with Crippen LogP contribution in [0.15, 0.2) is 40.8 Å². The lowest BCUT2D eigenvalue weighted by atomic mass is 10.2. The average molecular weight is 467 g/mol. The van der Waals surface area contributed by atoms with Crippen LogP contribution in [0.4, 0.5) is 8.78 Å². The quantitative estimate of drug-likeness (QED) is 0.401. The van der Waals surface area contributed by atoms with Crippen LogP contribution in [-0.2, 0) is 13.2 Å². The molecular formula is C21H23F2N3O5S. The lowest BCUT2D eigenvalue weighted by molar-refractivity contribution is -0.0512. The summed E-state index contributed by atoms with van der Waals surface area (Å²) < 4.78 is 52.4. The highest BCUT2D eigenvalue weighted by Crippen LogP contribution is 2.32. The predicted molar refractivity (Wildman–Crippen MR) is 115 cm³/mol. The Morgan fingerprint density at radius 2 is 1.66 bits per heavy atom. The third-order valence-corrected chi connectivity index (χ3v) is 4.80. The molecule has 0 saturated carbocycles. The van der Waals surface area contributed by atoms with Gasteiger partial charge in [-0.05, 0) is 55.2 Å². The summed E-state index contributed by atoms with van der Waals surface area (Å²) in [5, 5.41) is 4.45. The van der Waals surface area contributed by atoms with Gasteiger partial charge in [-0.15, -0.1) is 5.10 Å². The average Bonchev–Trinajstić information content (AvgIpc) is 3.13. The van der Waals surface area contributed by atoms with Gasteiger partial charge in [0.05, 0.1) is 28.0 Å². The Morgan fingerprint density at radius 1 is 1.00 bits per heavy atom. The summed E-state index contributed by atoms with van der Waals surface area (Å²) in [7, 11) is 6.36. The number of hydrogen-bond donors (Lipinski definition) is 0. The van der Waals surface area contributed by atoms with Crippen molar-refractivity contribution in [1.29, 1.82) is 0 Å². The molecular weight excluding hydrogens is 444 g/mol. The highest BCUT2D eigenvalue weighted by Gasteiger charge is 2.15. The molecule has 0 unspecified atom stereocenters. The van der Waals surface area contributed by atoms with Gasteiger partial charge in [0.2, 0.25) is 5.89 Å². The highest BCUT2D eigenvalue weighted by atomic mass is 32.1. The molecule has 32 heavy (non-hydrogen) atoms. The fourth-order valence-corrected chi connectivity index (χ4v) is 3.25. The number of methoxy groups -OCH3 is 3. The Labute approximate surface area is 188 Å². The van der Waals surface area contributed by atoms with Crippen LogP contribution in [-0.4, -0.2) is 49.7 Å². The van der Waals surface area contributed by atoms with E-state index >= 15 is 0 Å². The molecule has 3 rings (SSSR count). The zero-order chi connectivity index (χ0) is 23.3. The van der Waals surface area contributed by atoms with Crippen LogP contribution in [0.3, 0.4) is 0 Å². The summed E-state index contributed by atoms with van der Waals surface area (Å²) in [5.41, 5.74) is 1.52. The van der Waals surface area contributed by atoms with Gasteiger partial charge in [0.25, 0.3) is 4.84 Å². The molecule has 0 N–H and O–H groups in total. The molecule has 0 fully saturated rings. The minimum atomic E-state index is -2.92. The van der Waals surface area contributed by atoms with E-state index in [-0.39, 0.29) is 16.3 Å². The highest BCUT2D eigenvalue weighted by molar-refractivity contribution is 7.71. The molecule has 0 bridgehead atoms. The van der Waals surface area contributed by atoms with Crippen LogP contribution < -0.4 is 18.9 Å². The second-order valence-corrected chi connectivity index (χ2v) is 7.11. The van der Waals surface area contributed by atoms with Crippen molar-refractivity contribution in [2.24, 2.45) is 0 Å². The molecule has 0 amide bonds. The Hall–Kier alpha value is -3.18. The number of alkyl halides is 2. The summed E-state index contributed by atoms with van der Waals surface area (Å²) in [6, 6.07) is 10.1. The standard InChI is InChI=1S/C21H23F2N3O5S/c1-25(11-13-5-7-16(30-20(22)23)17(9-13)28-3)12-26-21(32)31-19(24-26)14-6-8-15(27-2)18(10-14)29-4/h5-10,20H,11-12H2,1-4H3. The van der Waals surface area contributed by atoms with Gasteiger partial charge in [0.1, 0.15) is 0 Å². The smallest absolute Gasteiger partial charge is 0.387 e. The number of ether oxygens (including phenoxy) is 4. The zero-order valence-electron chi connectivity index (χ0n) is 18.0. The van der Waals surface area contributed by atoms with Crippen molar-refractivity contribution in [3.8, 4) is 34.5 Å². The van der Waals surface area contributed by atoms with Gasteiger partial charge in [-0.3, -0.25) is 4.90 Å². The van der Waals surface area contributed by atoms with E-state index in [4.69, 9.17) is 30.8 Å². The summed E-state index contributed by atoms with van der Waals surface area (Å²) >= 11 is 5.31. The normalized spacial score (nSPS) is 11.1. The van der Waals surface area contributed by atoms with Crippen molar-refractivity contribution in [3.63, 3.8) is 0 Å². The predicted octanol–water partition coefficient (Wildman–Crippen LogP) is 4.59. The van der Waals surface area contributed by atoms with Crippen LogP contribution >= 0.6 is 12.2 Å². The topological polar surface area (TPSA) is 71.1 Å². The minimum absolute atomic E-state index is 0.0211. The van der Waals surface area contributed by atoms with Crippen LogP contribution in [0.5, 0.6) is 23.0 Å². The zero-order valence-corrected chi connectivity index (χ0v) is 18.8. The maximum absolute atomic E-state index is 12.5. The molecule has 3 aromatic rings. The van der Waals surface area contributed by atoms with E-state index < -0.39 is 6.61 Å². The molecule has 0 aliphatic rings. The monoisotopic (exact) mass is 467 g/mol. The molecule has 0 aliphatic heterocycles. The second-order valence-electron chi connectivity index (χ2n) is 6.76. The number of hydrogen-bond acceptors (Lipinski definition) is 8. The van der Waals surface area contributed by atoms with Crippen LogP contribution in [0.1, 0.15) is 5.56 Å². The van der Waals surface area contributed by atoms with Gasteiger partial charge in [-0.1, -0.05) is 6.07 Å². The summed E-state index contributed by atoms with van der Waals surface area (Å²) in [5.74, 6) is 1.69. The van der Waals surface area contributed by atoms with E-state index in [0.717, 1.165) is 5.56 Å². The second kappa shape index (κ2) is 10.4. The van der Waals surface area contributed by atoms with Gasteiger partial charge >= 0.3 is 6.61 Å². The molecule has 1 heterocycles. The van der Waals surface area contributed by atoms with Crippen molar-refractivity contribution < 1.29 is 32.1 Å². The maximum Gasteiger partial charge on any atom is 0.387 e. The first-order chi connectivity index (χ1) is 15.3. The first-order valence-electron chi connectivity index (χ1n) is 9.45. The van der Waals surface area contributed by atoms with Crippen molar-refractivity contribution in [2.45, 2.75) is 19.8 Å².